The average Bonchev–Trinajstić information content (AvgIpc) is 2.58. The Balaban J connectivity index is 1.71. The number of amides is 1. The summed E-state index contributed by atoms with van der Waals surface area (Å²) in [6.45, 7) is 5.31. The molecule has 6 nitrogen and oxygen atoms in total. The van der Waals surface area contributed by atoms with Gasteiger partial charge in [-0.25, -0.2) is 9.97 Å². The van der Waals surface area contributed by atoms with Gasteiger partial charge < -0.3 is 15.4 Å². The molecule has 1 aliphatic rings. The van der Waals surface area contributed by atoms with Crippen LogP contribution >= 0.6 is 11.6 Å². The summed E-state index contributed by atoms with van der Waals surface area (Å²) in [4.78, 5) is 22.9. The lowest BCUT2D eigenvalue weighted by atomic mass is 10.1. The van der Waals surface area contributed by atoms with E-state index in [1.807, 2.05) is 43.0 Å². The van der Waals surface area contributed by atoms with E-state index in [0.717, 1.165) is 22.5 Å². The number of carbonyl (C=O) groups is 1. The zero-order valence-electron chi connectivity index (χ0n) is 14.3. The fourth-order valence-electron chi connectivity index (χ4n) is 3.04. The zero-order valence-corrected chi connectivity index (χ0v) is 15.1. The molecule has 1 amide bonds. The summed E-state index contributed by atoms with van der Waals surface area (Å²) in [7, 11) is 0. The van der Waals surface area contributed by atoms with Gasteiger partial charge in [-0.2, -0.15) is 0 Å². The number of aryl methyl sites for hydroxylation is 2. The lowest BCUT2D eigenvalue weighted by molar-refractivity contribution is -0.138. The lowest BCUT2D eigenvalue weighted by Crippen LogP contribution is -2.43. The molecule has 25 heavy (non-hydrogen) atoms. The van der Waals surface area contributed by atoms with Crippen LogP contribution in [0.4, 0.5) is 5.95 Å². The number of hydrogen-bond acceptors (Lipinski definition) is 5. The van der Waals surface area contributed by atoms with Gasteiger partial charge in [-0.3, -0.25) is 4.79 Å². The minimum absolute atomic E-state index is 0.0434. The molecule has 2 aromatic rings. The summed E-state index contributed by atoms with van der Waals surface area (Å²) in [6, 6.07) is 7.53. The van der Waals surface area contributed by atoms with Gasteiger partial charge in [0.2, 0.25) is 11.9 Å². The number of ether oxygens (including phenoxy) is 1. The molecule has 132 valence electrons. The maximum Gasteiger partial charge on any atom is 0.227 e. The van der Waals surface area contributed by atoms with Gasteiger partial charge in [0.15, 0.2) is 0 Å². The number of anilines is 1. The molecule has 1 saturated heterocycles. The molecule has 1 aromatic carbocycles. The second-order valence-corrected chi connectivity index (χ2v) is 6.60. The molecular weight excluding hydrogens is 340 g/mol. The highest BCUT2D eigenvalue weighted by molar-refractivity contribution is 6.30. The fraction of sp³-hybridized carbons (Fsp3) is 0.389. The molecule has 1 aliphatic heterocycles. The van der Waals surface area contributed by atoms with Crippen molar-refractivity contribution in [2.24, 2.45) is 0 Å². The van der Waals surface area contributed by atoms with E-state index in [4.69, 9.17) is 22.1 Å². The normalized spacial score (nSPS) is 17.6. The summed E-state index contributed by atoms with van der Waals surface area (Å²) in [5.74, 6) is 0.280. The molecule has 0 bridgehead atoms. The third-order valence-electron chi connectivity index (χ3n) is 4.43. The second-order valence-electron chi connectivity index (χ2n) is 6.16. The molecule has 2 N–H and O–H groups in total. The zero-order chi connectivity index (χ0) is 18.0. The summed E-state index contributed by atoms with van der Waals surface area (Å²) < 4.78 is 5.82. The largest absolute Gasteiger partial charge is 0.370 e. The van der Waals surface area contributed by atoms with Crippen LogP contribution in [-0.2, 0) is 16.0 Å². The van der Waals surface area contributed by atoms with E-state index in [2.05, 4.69) is 9.97 Å². The van der Waals surface area contributed by atoms with Crippen LogP contribution in [0.3, 0.4) is 0 Å². The Kier molecular flexibility index (Phi) is 5.20. The fourth-order valence-corrected chi connectivity index (χ4v) is 3.17. The van der Waals surface area contributed by atoms with Gasteiger partial charge in [-0.05, 0) is 31.5 Å². The van der Waals surface area contributed by atoms with Crippen molar-refractivity contribution in [3.63, 3.8) is 0 Å². The molecule has 0 spiro atoms. The van der Waals surface area contributed by atoms with E-state index in [0.29, 0.717) is 24.7 Å². The van der Waals surface area contributed by atoms with Crippen molar-refractivity contribution in [1.82, 2.24) is 14.9 Å². The standard InChI is InChI=1S/C18H21ClN4O2/c1-11-15(12(2)22-18(20)21-11)9-17(24)23-7-8-25-16(10-23)13-3-5-14(19)6-4-13/h3-6,16H,7-10H2,1-2H3,(H2,20,21,22). The molecule has 7 heteroatoms. The third-order valence-corrected chi connectivity index (χ3v) is 4.68. The van der Waals surface area contributed by atoms with Crippen molar-refractivity contribution in [2.45, 2.75) is 26.4 Å². The monoisotopic (exact) mass is 360 g/mol. The first kappa shape index (κ1) is 17.6. The van der Waals surface area contributed by atoms with Gasteiger partial charge in [0.1, 0.15) is 6.10 Å². The molecule has 1 atom stereocenters. The Bertz CT molecular complexity index is 756. The van der Waals surface area contributed by atoms with Gasteiger partial charge in [0.05, 0.1) is 19.6 Å². The van der Waals surface area contributed by atoms with Crippen LogP contribution < -0.4 is 5.73 Å². The number of carbonyl (C=O) groups excluding carboxylic acids is 1. The average molecular weight is 361 g/mol. The first-order chi connectivity index (χ1) is 11.9. The van der Waals surface area contributed by atoms with Crippen LogP contribution in [0.1, 0.15) is 28.6 Å². The van der Waals surface area contributed by atoms with E-state index < -0.39 is 0 Å². The van der Waals surface area contributed by atoms with Gasteiger partial charge in [0.25, 0.3) is 0 Å². The minimum atomic E-state index is -0.139. The summed E-state index contributed by atoms with van der Waals surface area (Å²) in [5, 5.41) is 0.682. The number of nitrogens with two attached hydrogens (primary N) is 1. The van der Waals surface area contributed by atoms with Crippen LogP contribution in [-0.4, -0.2) is 40.5 Å². The highest BCUT2D eigenvalue weighted by atomic mass is 35.5. The molecule has 1 unspecified atom stereocenters. The third kappa shape index (κ3) is 4.08. The van der Waals surface area contributed by atoms with Crippen molar-refractivity contribution in [2.75, 3.05) is 25.4 Å². The summed E-state index contributed by atoms with van der Waals surface area (Å²) in [5.41, 5.74) is 9.01. The maximum absolute atomic E-state index is 12.8. The quantitative estimate of drug-likeness (QED) is 0.909. The topological polar surface area (TPSA) is 81.3 Å². The SMILES string of the molecule is Cc1nc(N)nc(C)c1CC(=O)N1CCOC(c2ccc(Cl)cc2)C1. The molecular formula is C18H21ClN4O2. The Hall–Kier alpha value is -2.18. The van der Waals surface area contributed by atoms with E-state index in [1.54, 1.807) is 0 Å². The second kappa shape index (κ2) is 7.37. The van der Waals surface area contributed by atoms with Crippen molar-refractivity contribution in [3.05, 3.63) is 51.8 Å². The van der Waals surface area contributed by atoms with Crippen LogP contribution in [0.2, 0.25) is 5.02 Å². The first-order valence-corrected chi connectivity index (χ1v) is 8.56. The van der Waals surface area contributed by atoms with Crippen molar-refractivity contribution in [1.29, 1.82) is 0 Å². The number of morpholine rings is 1. The maximum atomic E-state index is 12.8. The van der Waals surface area contributed by atoms with E-state index >= 15 is 0 Å². The first-order valence-electron chi connectivity index (χ1n) is 8.18. The molecule has 0 aliphatic carbocycles. The highest BCUT2D eigenvalue weighted by Crippen LogP contribution is 2.24. The Morgan fingerprint density at radius 3 is 2.56 bits per heavy atom. The van der Waals surface area contributed by atoms with E-state index in [1.165, 1.54) is 0 Å². The molecule has 1 aromatic heterocycles. The number of halogens is 1. The molecule has 3 rings (SSSR count). The van der Waals surface area contributed by atoms with Crippen LogP contribution in [0.5, 0.6) is 0 Å². The van der Waals surface area contributed by atoms with Gasteiger partial charge in [-0.15, -0.1) is 0 Å². The van der Waals surface area contributed by atoms with Crippen LogP contribution in [0.15, 0.2) is 24.3 Å². The van der Waals surface area contributed by atoms with Gasteiger partial charge >= 0.3 is 0 Å². The minimum Gasteiger partial charge on any atom is -0.370 e. The molecule has 2 heterocycles. The van der Waals surface area contributed by atoms with Crippen LogP contribution in [0.25, 0.3) is 0 Å². The van der Waals surface area contributed by atoms with Gasteiger partial charge in [0, 0.05) is 28.5 Å². The van der Waals surface area contributed by atoms with Crippen molar-refractivity contribution >= 4 is 23.5 Å². The Labute approximate surface area is 152 Å². The molecule has 0 radical (unpaired) electrons. The summed E-state index contributed by atoms with van der Waals surface area (Å²) in [6.07, 6.45) is 0.130. The molecule has 0 saturated carbocycles. The van der Waals surface area contributed by atoms with E-state index in [9.17, 15) is 4.79 Å². The van der Waals surface area contributed by atoms with Crippen molar-refractivity contribution in [3.8, 4) is 0 Å². The smallest absolute Gasteiger partial charge is 0.227 e. The number of nitrogens with zero attached hydrogens (tertiary/aromatic N) is 3. The lowest BCUT2D eigenvalue weighted by Gasteiger charge is -2.33. The predicted molar refractivity (Wildman–Crippen MR) is 96.3 cm³/mol. The number of rotatable bonds is 3. The number of nitrogen functional groups attached to an aromatic ring is 1. The number of benzene rings is 1. The highest BCUT2D eigenvalue weighted by Gasteiger charge is 2.26. The van der Waals surface area contributed by atoms with Crippen molar-refractivity contribution < 1.29 is 9.53 Å². The number of hydrogen-bond donors (Lipinski definition) is 1. The predicted octanol–water partition coefficient (Wildman–Crippen LogP) is 2.47. The van der Waals surface area contributed by atoms with Gasteiger partial charge in [-0.1, -0.05) is 23.7 Å². The summed E-state index contributed by atoms with van der Waals surface area (Å²) >= 11 is 5.93. The van der Waals surface area contributed by atoms with Crippen LogP contribution in [0, 0.1) is 13.8 Å². The van der Waals surface area contributed by atoms with E-state index in [-0.39, 0.29) is 24.4 Å². The Morgan fingerprint density at radius 1 is 1.28 bits per heavy atom. The number of aromatic nitrogens is 2. The Morgan fingerprint density at radius 2 is 1.92 bits per heavy atom. The molecule has 1 fully saturated rings.